The molecule has 1 aromatic heterocycles. The largest absolute Gasteiger partial charge is 0.494 e. The van der Waals surface area contributed by atoms with Crippen molar-refractivity contribution in [2.45, 2.75) is 51.9 Å². The van der Waals surface area contributed by atoms with Crippen LogP contribution in [-0.4, -0.2) is 28.8 Å². The van der Waals surface area contributed by atoms with Gasteiger partial charge >= 0.3 is 7.12 Å². The Balaban J connectivity index is 1.03. The van der Waals surface area contributed by atoms with Crippen LogP contribution in [-0.2, 0) is 15.9 Å². The Hall–Kier alpha value is -3.13. The molecular weight excluding hydrogens is 509 g/mol. The average molecular weight is 540 g/mol. The molecule has 3 aliphatic carbocycles. The fourth-order valence-corrected chi connectivity index (χ4v) is 7.06. The highest BCUT2D eigenvalue weighted by Crippen LogP contribution is 2.65. The van der Waals surface area contributed by atoms with Crippen LogP contribution >= 0.6 is 11.6 Å². The molecule has 2 bridgehead atoms. The summed E-state index contributed by atoms with van der Waals surface area (Å²) < 4.78 is 19.2. The van der Waals surface area contributed by atoms with Crippen LogP contribution in [0.25, 0.3) is 10.9 Å². The molecule has 6 nitrogen and oxygen atoms in total. The van der Waals surface area contributed by atoms with E-state index in [1.807, 2.05) is 42.5 Å². The first-order valence-electron chi connectivity index (χ1n) is 13.6. The molecule has 39 heavy (non-hydrogen) atoms. The van der Waals surface area contributed by atoms with Gasteiger partial charge in [-0.15, -0.1) is 0 Å². The molecule has 0 amide bonds. The molecule has 1 N–H and O–H groups in total. The van der Waals surface area contributed by atoms with E-state index >= 15 is 0 Å². The first-order valence-corrected chi connectivity index (χ1v) is 14.0. The van der Waals surface area contributed by atoms with Crippen LogP contribution in [0.15, 0.2) is 73.1 Å². The average Bonchev–Trinajstić information content (AvgIpc) is 3.29. The van der Waals surface area contributed by atoms with Gasteiger partial charge in [0.1, 0.15) is 24.5 Å². The Morgan fingerprint density at radius 3 is 2.67 bits per heavy atom. The van der Waals surface area contributed by atoms with Gasteiger partial charge in [-0.05, 0) is 84.4 Å². The number of nitrogens with zero attached hydrogens (tertiary/aromatic N) is 2. The van der Waals surface area contributed by atoms with E-state index in [1.54, 1.807) is 6.33 Å². The minimum atomic E-state index is -0.309. The fourth-order valence-electron chi connectivity index (χ4n) is 6.87. The maximum atomic E-state index is 6.62. The molecule has 0 spiro atoms. The van der Waals surface area contributed by atoms with Gasteiger partial charge in [-0.2, -0.15) is 0 Å². The lowest BCUT2D eigenvalue weighted by Crippen LogP contribution is -2.65. The van der Waals surface area contributed by atoms with Crippen molar-refractivity contribution in [3.05, 3.63) is 83.6 Å². The second-order valence-electron chi connectivity index (χ2n) is 11.9. The number of hydrogen-bond donors (Lipinski definition) is 1. The maximum absolute atomic E-state index is 6.62. The predicted octanol–water partition coefficient (Wildman–Crippen LogP) is 6.54. The number of fused-ring (bicyclic) bond motifs is 1. The topological polar surface area (TPSA) is 65.5 Å². The van der Waals surface area contributed by atoms with Gasteiger partial charge in [0.25, 0.3) is 0 Å². The Kier molecular flexibility index (Phi) is 5.88. The molecule has 3 aromatic carbocycles. The number of rotatable bonds is 6. The number of ether oxygens (including phenoxy) is 1. The summed E-state index contributed by atoms with van der Waals surface area (Å²) in [6.45, 7) is 7.48. The lowest BCUT2D eigenvalue weighted by atomic mass is 9.43. The molecule has 8 heteroatoms. The highest BCUT2D eigenvalue weighted by Gasteiger charge is 2.67. The van der Waals surface area contributed by atoms with Gasteiger partial charge in [0.05, 0.1) is 17.2 Å². The molecule has 1 aliphatic heterocycles. The molecular formula is C31H31BClN3O3. The summed E-state index contributed by atoms with van der Waals surface area (Å²) in [6.07, 6.45) is 4.08. The Morgan fingerprint density at radius 2 is 1.87 bits per heavy atom. The normalized spacial score (nSPS) is 26.7. The van der Waals surface area contributed by atoms with Crippen molar-refractivity contribution < 1.29 is 14.0 Å². The van der Waals surface area contributed by atoms with E-state index in [4.69, 9.17) is 25.6 Å². The van der Waals surface area contributed by atoms with Crippen LogP contribution in [0.1, 0.15) is 39.2 Å². The molecule has 198 valence electrons. The third kappa shape index (κ3) is 4.28. The lowest BCUT2D eigenvalue weighted by Gasteiger charge is -2.64. The smallest absolute Gasteiger partial charge is 0.489 e. The van der Waals surface area contributed by atoms with E-state index in [2.05, 4.69) is 60.3 Å². The molecule has 1 saturated heterocycles. The molecule has 4 atom stereocenters. The zero-order valence-electron chi connectivity index (χ0n) is 22.4. The minimum absolute atomic E-state index is 0.178. The van der Waals surface area contributed by atoms with Gasteiger partial charge in [0.2, 0.25) is 0 Å². The highest BCUT2D eigenvalue weighted by molar-refractivity contribution is 6.62. The zero-order valence-corrected chi connectivity index (χ0v) is 23.1. The zero-order chi connectivity index (χ0) is 26.8. The molecule has 4 aliphatic rings. The molecule has 3 saturated carbocycles. The summed E-state index contributed by atoms with van der Waals surface area (Å²) in [7, 11) is -0.309. The van der Waals surface area contributed by atoms with E-state index in [0.717, 1.165) is 45.7 Å². The first-order chi connectivity index (χ1) is 18.8. The first kappa shape index (κ1) is 24.9. The van der Waals surface area contributed by atoms with E-state index in [9.17, 15) is 0 Å². The minimum Gasteiger partial charge on any atom is -0.489 e. The van der Waals surface area contributed by atoms with Crippen LogP contribution in [0.4, 0.5) is 11.5 Å². The van der Waals surface area contributed by atoms with Crippen molar-refractivity contribution >= 4 is 46.6 Å². The second kappa shape index (κ2) is 9.22. The van der Waals surface area contributed by atoms with Gasteiger partial charge in [0.15, 0.2) is 0 Å². The summed E-state index contributed by atoms with van der Waals surface area (Å²) in [6, 6.07) is 21.8. The standard InChI is InChI=1S/C31H31BClN3O3/c1-30(2)20-13-27(30)31(3)28(14-20)38-32(39-31)21-9-7-19(8-10-21)17-37-24-11-12-26-25(16-24)29(35-18-34-26)36-23-6-4-5-22(33)15-23/h4-12,15-16,18,20,27-28H,13-14,17H2,1-3H3,(H,34,35,36)/t20-,27-,28+,31-/m0/s1. The van der Waals surface area contributed by atoms with Gasteiger partial charge in [-0.1, -0.05) is 55.8 Å². The Bertz CT molecular complexity index is 1550. The summed E-state index contributed by atoms with van der Waals surface area (Å²) in [5.41, 5.74) is 3.96. The SMILES string of the molecule is CC1(C)[C@@H]2C[C@H]3OB(c4ccc(COc5ccc6ncnc(Nc7cccc(Cl)c7)c6c5)cc4)O[C@@]3(C)[C@H]1C2. The van der Waals surface area contributed by atoms with E-state index in [1.165, 1.54) is 6.42 Å². The third-order valence-electron chi connectivity index (χ3n) is 9.30. The monoisotopic (exact) mass is 539 g/mol. The molecule has 4 fully saturated rings. The Morgan fingerprint density at radius 1 is 1.03 bits per heavy atom. The molecule has 4 aromatic rings. The number of nitrogens with one attached hydrogen (secondary N) is 1. The second-order valence-corrected chi connectivity index (χ2v) is 12.3. The van der Waals surface area contributed by atoms with Gasteiger partial charge < -0.3 is 19.4 Å². The van der Waals surface area contributed by atoms with Crippen LogP contribution in [0.5, 0.6) is 5.75 Å². The maximum Gasteiger partial charge on any atom is 0.494 e. The van der Waals surface area contributed by atoms with E-state index in [0.29, 0.717) is 28.8 Å². The van der Waals surface area contributed by atoms with Gasteiger partial charge in [-0.3, -0.25) is 0 Å². The number of benzene rings is 3. The van der Waals surface area contributed by atoms with Gasteiger partial charge in [-0.25, -0.2) is 9.97 Å². The fraction of sp³-hybridized carbons (Fsp3) is 0.355. The van der Waals surface area contributed by atoms with Crippen LogP contribution < -0.4 is 15.5 Å². The van der Waals surface area contributed by atoms with Crippen molar-refractivity contribution in [1.82, 2.24) is 9.97 Å². The number of halogens is 1. The van der Waals surface area contributed by atoms with Crippen molar-refractivity contribution in [2.24, 2.45) is 17.3 Å². The van der Waals surface area contributed by atoms with Gasteiger partial charge in [0, 0.05) is 16.1 Å². The molecule has 8 rings (SSSR count). The van der Waals surface area contributed by atoms with Crippen molar-refractivity contribution in [3.63, 3.8) is 0 Å². The van der Waals surface area contributed by atoms with Crippen LogP contribution in [0.3, 0.4) is 0 Å². The summed E-state index contributed by atoms with van der Waals surface area (Å²) in [5.74, 6) is 2.74. The predicted molar refractivity (Wildman–Crippen MR) is 155 cm³/mol. The third-order valence-corrected chi connectivity index (χ3v) is 9.54. The quantitative estimate of drug-likeness (QED) is 0.281. The summed E-state index contributed by atoms with van der Waals surface area (Å²) in [4.78, 5) is 8.84. The number of anilines is 2. The van der Waals surface area contributed by atoms with Crippen molar-refractivity contribution in [3.8, 4) is 5.75 Å². The summed E-state index contributed by atoms with van der Waals surface area (Å²) in [5, 5.41) is 4.87. The van der Waals surface area contributed by atoms with Crippen molar-refractivity contribution in [2.75, 3.05) is 5.32 Å². The number of hydrogen-bond acceptors (Lipinski definition) is 6. The molecule has 0 unspecified atom stereocenters. The summed E-state index contributed by atoms with van der Waals surface area (Å²) >= 11 is 6.15. The van der Waals surface area contributed by atoms with Crippen LogP contribution in [0, 0.1) is 17.3 Å². The highest BCUT2D eigenvalue weighted by atomic mass is 35.5. The number of aromatic nitrogens is 2. The lowest BCUT2D eigenvalue weighted by molar-refractivity contribution is -0.199. The van der Waals surface area contributed by atoms with E-state index < -0.39 is 0 Å². The molecule has 2 heterocycles. The van der Waals surface area contributed by atoms with Crippen molar-refractivity contribution in [1.29, 1.82) is 0 Å². The molecule has 0 radical (unpaired) electrons. The Labute approximate surface area is 234 Å². The van der Waals surface area contributed by atoms with E-state index in [-0.39, 0.29) is 18.8 Å². The van der Waals surface area contributed by atoms with Crippen LogP contribution in [0.2, 0.25) is 5.02 Å².